The first-order valence-corrected chi connectivity index (χ1v) is 6.39. The third-order valence-electron chi connectivity index (χ3n) is 3.93. The van der Waals surface area contributed by atoms with Crippen LogP contribution in [0.15, 0.2) is 0 Å². The highest BCUT2D eigenvalue weighted by Gasteiger charge is 2.50. The molecule has 1 heterocycles. The highest BCUT2D eigenvalue weighted by Crippen LogP contribution is 2.45. The Hall–Kier alpha value is -1.30. The van der Waals surface area contributed by atoms with Gasteiger partial charge in [-0.15, -0.1) is 0 Å². The van der Waals surface area contributed by atoms with E-state index in [0.717, 1.165) is 13.0 Å². The quantitative estimate of drug-likeness (QED) is 0.671. The van der Waals surface area contributed by atoms with Crippen LogP contribution < -0.4 is 10.6 Å². The number of carboxylic acids is 1. The van der Waals surface area contributed by atoms with Gasteiger partial charge >= 0.3 is 12.0 Å². The van der Waals surface area contributed by atoms with Crippen molar-refractivity contribution in [3.05, 3.63) is 0 Å². The molecule has 1 saturated heterocycles. The number of hydrogen-bond donors (Lipinski definition) is 3. The number of ether oxygens (including phenoxy) is 1. The summed E-state index contributed by atoms with van der Waals surface area (Å²) in [5, 5.41) is 14.5. The van der Waals surface area contributed by atoms with Crippen molar-refractivity contribution in [2.45, 2.75) is 32.2 Å². The van der Waals surface area contributed by atoms with E-state index >= 15 is 0 Å². The van der Waals surface area contributed by atoms with Gasteiger partial charge in [0, 0.05) is 25.1 Å². The summed E-state index contributed by atoms with van der Waals surface area (Å²) in [6, 6.07) is -0.241. The first kappa shape index (κ1) is 13.1. The Balaban J connectivity index is 1.70. The Bertz CT molecular complexity index is 335. The predicted octanol–water partition coefficient (Wildman–Crippen LogP) is 0.575. The summed E-state index contributed by atoms with van der Waals surface area (Å²) in [5.74, 6) is -0.467. The second-order valence-electron chi connectivity index (χ2n) is 5.32. The first-order chi connectivity index (χ1) is 8.53. The van der Waals surface area contributed by atoms with Crippen LogP contribution in [0.5, 0.6) is 0 Å². The molecule has 0 aromatic carbocycles. The molecule has 0 aromatic rings. The fourth-order valence-corrected chi connectivity index (χ4v) is 2.19. The summed E-state index contributed by atoms with van der Waals surface area (Å²) in [7, 11) is 0. The van der Waals surface area contributed by atoms with Gasteiger partial charge < -0.3 is 20.5 Å². The molecule has 0 bridgehead atoms. The van der Waals surface area contributed by atoms with Crippen molar-refractivity contribution < 1.29 is 19.4 Å². The molecule has 2 amide bonds. The van der Waals surface area contributed by atoms with Gasteiger partial charge in [-0.3, -0.25) is 4.79 Å². The number of hydrogen-bond acceptors (Lipinski definition) is 3. The Kier molecular flexibility index (Phi) is 3.75. The van der Waals surface area contributed by atoms with Crippen molar-refractivity contribution in [3.8, 4) is 0 Å². The van der Waals surface area contributed by atoms with Crippen LogP contribution >= 0.6 is 0 Å². The summed E-state index contributed by atoms with van der Waals surface area (Å²) in [5.41, 5.74) is -0.711. The van der Waals surface area contributed by atoms with Crippen LogP contribution in [-0.4, -0.2) is 42.9 Å². The van der Waals surface area contributed by atoms with Crippen molar-refractivity contribution in [2.24, 2.45) is 11.3 Å². The van der Waals surface area contributed by atoms with E-state index in [2.05, 4.69) is 10.6 Å². The van der Waals surface area contributed by atoms with Gasteiger partial charge in [-0.05, 0) is 26.2 Å². The van der Waals surface area contributed by atoms with Crippen LogP contribution in [0.4, 0.5) is 4.79 Å². The number of aliphatic carboxylic acids is 1. The average molecular weight is 256 g/mol. The molecule has 3 N–H and O–H groups in total. The standard InChI is InChI=1S/C12H20N2O4/c1-8(9-2-5-18-6-9)14-11(17)13-7-12(3-4-12)10(15)16/h8-9H,2-7H2,1H3,(H,15,16)(H2,13,14,17). The van der Waals surface area contributed by atoms with Gasteiger partial charge in [0.15, 0.2) is 0 Å². The topological polar surface area (TPSA) is 87.7 Å². The van der Waals surface area contributed by atoms with Crippen molar-refractivity contribution >= 4 is 12.0 Å². The van der Waals surface area contributed by atoms with E-state index in [9.17, 15) is 9.59 Å². The fraction of sp³-hybridized carbons (Fsp3) is 0.833. The van der Waals surface area contributed by atoms with Crippen molar-refractivity contribution in [1.29, 1.82) is 0 Å². The highest BCUT2D eigenvalue weighted by atomic mass is 16.5. The van der Waals surface area contributed by atoms with Crippen molar-refractivity contribution in [3.63, 3.8) is 0 Å². The monoisotopic (exact) mass is 256 g/mol. The van der Waals surface area contributed by atoms with Crippen molar-refractivity contribution in [2.75, 3.05) is 19.8 Å². The van der Waals surface area contributed by atoms with Crippen LogP contribution in [0, 0.1) is 11.3 Å². The second-order valence-corrected chi connectivity index (χ2v) is 5.32. The van der Waals surface area contributed by atoms with Crippen molar-refractivity contribution in [1.82, 2.24) is 10.6 Å². The summed E-state index contributed by atoms with van der Waals surface area (Å²) in [4.78, 5) is 22.6. The van der Waals surface area contributed by atoms with Crippen LogP contribution in [0.25, 0.3) is 0 Å². The summed E-state index contributed by atoms with van der Waals surface area (Å²) >= 11 is 0. The molecule has 2 fully saturated rings. The van der Waals surface area contributed by atoms with E-state index in [0.29, 0.717) is 25.4 Å². The zero-order chi connectivity index (χ0) is 13.2. The fourth-order valence-electron chi connectivity index (χ4n) is 2.19. The maximum atomic E-state index is 11.7. The SMILES string of the molecule is CC(NC(=O)NCC1(C(=O)O)CC1)C1CCOC1. The Labute approximate surface area is 106 Å². The lowest BCUT2D eigenvalue weighted by molar-refractivity contribution is -0.143. The number of carboxylic acid groups (broad SMARTS) is 1. The molecule has 2 atom stereocenters. The smallest absolute Gasteiger partial charge is 0.315 e. The molecule has 1 aliphatic carbocycles. The summed E-state index contributed by atoms with van der Waals surface area (Å²) in [6.45, 7) is 3.59. The third kappa shape index (κ3) is 2.93. The van der Waals surface area contributed by atoms with Gasteiger partial charge in [0.05, 0.1) is 12.0 Å². The van der Waals surface area contributed by atoms with Gasteiger partial charge in [0.1, 0.15) is 0 Å². The first-order valence-electron chi connectivity index (χ1n) is 6.39. The lowest BCUT2D eigenvalue weighted by atomic mass is 10.0. The predicted molar refractivity (Wildman–Crippen MR) is 64.2 cm³/mol. The zero-order valence-electron chi connectivity index (χ0n) is 10.6. The van der Waals surface area contributed by atoms with E-state index in [1.807, 2.05) is 6.92 Å². The summed E-state index contributed by atoms with van der Waals surface area (Å²) in [6.07, 6.45) is 2.25. The van der Waals surface area contributed by atoms with Gasteiger partial charge in [0.25, 0.3) is 0 Å². The third-order valence-corrected chi connectivity index (χ3v) is 3.93. The zero-order valence-corrected chi connectivity index (χ0v) is 10.6. The molecule has 6 nitrogen and oxygen atoms in total. The number of carbonyl (C=O) groups is 2. The summed E-state index contributed by atoms with van der Waals surface area (Å²) < 4.78 is 5.27. The molecule has 1 aliphatic heterocycles. The van der Waals surface area contributed by atoms with E-state index in [1.54, 1.807) is 0 Å². The molecule has 102 valence electrons. The van der Waals surface area contributed by atoms with Gasteiger partial charge in [0.2, 0.25) is 0 Å². The van der Waals surface area contributed by atoms with Crippen LogP contribution in [-0.2, 0) is 9.53 Å². The molecule has 2 aliphatic rings. The van der Waals surface area contributed by atoms with E-state index in [-0.39, 0.29) is 18.6 Å². The Morgan fingerprint density at radius 3 is 2.72 bits per heavy atom. The molecule has 0 spiro atoms. The Morgan fingerprint density at radius 2 is 2.22 bits per heavy atom. The van der Waals surface area contributed by atoms with Crippen LogP contribution in [0.2, 0.25) is 0 Å². The number of rotatable bonds is 5. The number of carbonyl (C=O) groups excluding carboxylic acids is 1. The maximum Gasteiger partial charge on any atom is 0.315 e. The molecule has 0 aromatic heterocycles. The highest BCUT2D eigenvalue weighted by molar-refractivity contribution is 5.80. The van der Waals surface area contributed by atoms with Gasteiger partial charge in [-0.25, -0.2) is 4.79 Å². The molecular weight excluding hydrogens is 236 g/mol. The van der Waals surface area contributed by atoms with Gasteiger partial charge in [-0.1, -0.05) is 0 Å². The molecule has 18 heavy (non-hydrogen) atoms. The van der Waals surface area contributed by atoms with Gasteiger partial charge in [-0.2, -0.15) is 0 Å². The van der Waals surface area contributed by atoms with E-state index in [4.69, 9.17) is 9.84 Å². The molecule has 1 saturated carbocycles. The Morgan fingerprint density at radius 1 is 1.50 bits per heavy atom. The largest absolute Gasteiger partial charge is 0.481 e. The number of nitrogens with one attached hydrogen (secondary N) is 2. The second kappa shape index (κ2) is 5.14. The lowest BCUT2D eigenvalue weighted by Gasteiger charge is -2.20. The molecule has 2 rings (SSSR count). The number of amides is 2. The molecule has 6 heteroatoms. The normalized spacial score (nSPS) is 26.4. The number of urea groups is 1. The molecule has 0 radical (unpaired) electrons. The van der Waals surface area contributed by atoms with E-state index < -0.39 is 11.4 Å². The lowest BCUT2D eigenvalue weighted by Crippen LogP contribution is -2.46. The van der Waals surface area contributed by atoms with Crippen LogP contribution in [0.1, 0.15) is 26.2 Å². The average Bonchev–Trinajstić information content (AvgIpc) is 2.92. The minimum absolute atomic E-state index is 0.0486. The minimum atomic E-state index is -0.819. The molecular formula is C12H20N2O4. The van der Waals surface area contributed by atoms with E-state index in [1.165, 1.54) is 0 Å². The minimum Gasteiger partial charge on any atom is -0.481 e. The molecule has 2 unspecified atom stereocenters. The van der Waals surface area contributed by atoms with Crippen LogP contribution in [0.3, 0.4) is 0 Å². The maximum absolute atomic E-state index is 11.7.